The van der Waals surface area contributed by atoms with E-state index in [9.17, 15) is 18.0 Å². The fourth-order valence-electron chi connectivity index (χ4n) is 2.82. The van der Waals surface area contributed by atoms with Crippen molar-refractivity contribution in [2.24, 2.45) is 7.05 Å². The minimum Gasteiger partial charge on any atom is -0.283 e. The number of anilines is 1. The van der Waals surface area contributed by atoms with Gasteiger partial charge in [-0.2, -0.15) is 0 Å². The Bertz CT molecular complexity index is 1200. The Morgan fingerprint density at radius 1 is 1.03 bits per heavy atom. The van der Waals surface area contributed by atoms with Gasteiger partial charge >= 0.3 is 0 Å². The second-order valence-corrected chi connectivity index (χ2v) is 7.88. The quantitative estimate of drug-likeness (QED) is 0.593. The number of nitrogens with one attached hydrogen (secondary N) is 2. The SMILES string of the molecule is CONC(=O)c1ccc(S(=O)(=O)Nc2c(C)n(C)n(-c3ccccc3)c2=O)cc1. The maximum absolute atomic E-state index is 12.9. The minimum absolute atomic E-state index is 0.0439. The average molecular weight is 416 g/mol. The van der Waals surface area contributed by atoms with E-state index in [1.165, 1.54) is 36.1 Å². The topological polar surface area (TPSA) is 111 Å². The summed E-state index contributed by atoms with van der Waals surface area (Å²) in [5.74, 6) is -0.506. The van der Waals surface area contributed by atoms with Crippen LogP contribution in [0.4, 0.5) is 5.69 Å². The Morgan fingerprint density at radius 2 is 1.66 bits per heavy atom. The molecule has 0 radical (unpaired) electrons. The highest BCUT2D eigenvalue weighted by molar-refractivity contribution is 7.92. The number of amides is 1. The van der Waals surface area contributed by atoms with Gasteiger partial charge in [0, 0.05) is 12.6 Å². The van der Waals surface area contributed by atoms with Crippen LogP contribution in [-0.4, -0.2) is 30.8 Å². The lowest BCUT2D eigenvalue weighted by molar-refractivity contribution is 0.0537. The predicted octanol–water partition coefficient (Wildman–Crippen LogP) is 1.58. The number of para-hydroxylation sites is 1. The van der Waals surface area contributed by atoms with Gasteiger partial charge in [-0.25, -0.2) is 18.6 Å². The van der Waals surface area contributed by atoms with E-state index in [0.717, 1.165) is 0 Å². The number of rotatable bonds is 6. The third-order valence-corrected chi connectivity index (χ3v) is 5.78. The second kappa shape index (κ2) is 7.94. The van der Waals surface area contributed by atoms with Gasteiger partial charge in [0.2, 0.25) is 0 Å². The molecule has 152 valence electrons. The maximum Gasteiger partial charge on any atom is 0.296 e. The summed E-state index contributed by atoms with van der Waals surface area (Å²) in [6.45, 7) is 1.65. The third kappa shape index (κ3) is 3.93. The van der Waals surface area contributed by atoms with E-state index >= 15 is 0 Å². The van der Waals surface area contributed by atoms with Crippen LogP contribution in [0.3, 0.4) is 0 Å². The Balaban J connectivity index is 1.96. The second-order valence-electron chi connectivity index (χ2n) is 6.20. The van der Waals surface area contributed by atoms with Crippen molar-refractivity contribution in [3.63, 3.8) is 0 Å². The van der Waals surface area contributed by atoms with Crippen LogP contribution in [0, 0.1) is 6.92 Å². The van der Waals surface area contributed by atoms with E-state index in [1.807, 2.05) is 6.07 Å². The van der Waals surface area contributed by atoms with Gasteiger partial charge in [-0.05, 0) is 43.3 Å². The minimum atomic E-state index is -4.04. The number of hydrogen-bond acceptors (Lipinski definition) is 5. The zero-order valence-corrected chi connectivity index (χ0v) is 16.9. The molecule has 2 N–H and O–H groups in total. The number of benzene rings is 2. The third-order valence-electron chi connectivity index (χ3n) is 4.41. The summed E-state index contributed by atoms with van der Waals surface area (Å²) in [5.41, 5.74) is 2.91. The van der Waals surface area contributed by atoms with Crippen molar-refractivity contribution in [3.8, 4) is 5.69 Å². The zero-order valence-electron chi connectivity index (χ0n) is 16.0. The number of sulfonamides is 1. The van der Waals surface area contributed by atoms with Gasteiger partial charge in [-0.1, -0.05) is 18.2 Å². The molecule has 29 heavy (non-hydrogen) atoms. The van der Waals surface area contributed by atoms with Crippen molar-refractivity contribution in [1.29, 1.82) is 0 Å². The van der Waals surface area contributed by atoms with Gasteiger partial charge in [-0.3, -0.25) is 23.8 Å². The van der Waals surface area contributed by atoms with Gasteiger partial charge in [-0.15, -0.1) is 0 Å². The number of nitrogens with zero attached hydrogens (tertiary/aromatic N) is 2. The fourth-order valence-corrected chi connectivity index (χ4v) is 3.93. The predicted molar refractivity (Wildman–Crippen MR) is 107 cm³/mol. The van der Waals surface area contributed by atoms with Crippen molar-refractivity contribution >= 4 is 21.6 Å². The van der Waals surface area contributed by atoms with Gasteiger partial charge in [0.05, 0.1) is 23.4 Å². The highest BCUT2D eigenvalue weighted by atomic mass is 32.2. The molecular formula is C19H20N4O5S. The van der Waals surface area contributed by atoms with Crippen molar-refractivity contribution in [3.05, 3.63) is 76.2 Å². The summed E-state index contributed by atoms with van der Waals surface area (Å²) in [5, 5.41) is 0. The van der Waals surface area contributed by atoms with Crippen LogP contribution in [0.1, 0.15) is 16.1 Å². The molecule has 1 heterocycles. The molecule has 0 aliphatic heterocycles. The van der Waals surface area contributed by atoms with E-state index in [1.54, 1.807) is 42.9 Å². The molecule has 0 fully saturated rings. The maximum atomic E-state index is 12.9. The van der Waals surface area contributed by atoms with E-state index < -0.39 is 21.5 Å². The summed E-state index contributed by atoms with van der Waals surface area (Å²) in [6.07, 6.45) is 0. The molecule has 0 aliphatic carbocycles. The lowest BCUT2D eigenvalue weighted by Crippen LogP contribution is -2.23. The molecule has 10 heteroatoms. The summed E-state index contributed by atoms with van der Waals surface area (Å²) >= 11 is 0. The Kier molecular flexibility index (Phi) is 5.57. The molecule has 2 aromatic carbocycles. The Morgan fingerprint density at radius 3 is 2.24 bits per heavy atom. The lowest BCUT2D eigenvalue weighted by atomic mass is 10.2. The molecule has 0 spiro atoms. The van der Waals surface area contributed by atoms with Crippen molar-refractivity contribution in [1.82, 2.24) is 14.8 Å². The summed E-state index contributed by atoms with van der Waals surface area (Å²) < 4.78 is 30.9. The number of aromatic nitrogens is 2. The molecule has 0 bridgehead atoms. The molecule has 0 unspecified atom stereocenters. The molecule has 3 aromatic rings. The van der Waals surface area contributed by atoms with Gasteiger partial charge < -0.3 is 0 Å². The molecule has 3 rings (SSSR count). The number of hydrogen-bond donors (Lipinski definition) is 2. The monoisotopic (exact) mass is 416 g/mol. The number of carbonyl (C=O) groups is 1. The van der Waals surface area contributed by atoms with Crippen molar-refractivity contribution in [2.75, 3.05) is 11.8 Å². The average Bonchev–Trinajstić information content (AvgIpc) is 2.92. The van der Waals surface area contributed by atoms with Crippen LogP contribution in [0.15, 0.2) is 64.3 Å². The molecule has 0 saturated carbocycles. The highest BCUT2D eigenvalue weighted by Gasteiger charge is 2.22. The van der Waals surface area contributed by atoms with Crippen LogP contribution in [0.25, 0.3) is 5.69 Å². The standard InChI is InChI=1S/C19H20N4O5S/c1-13-17(19(25)23(22(13)2)15-7-5-4-6-8-15)21-29(26,27)16-11-9-14(10-12-16)18(24)20-28-3/h4-12,21H,1-3H3,(H,20,24). The molecule has 1 amide bonds. The van der Waals surface area contributed by atoms with Crippen molar-refractivity contribution in [2.45, 2.75) is 11.8 Å². The number of carbonyl (C=O) groups excluding carboxylic acids is 1. The fraction of sp³-hybridized carbons (Fsp3) is 0.158. The smallest absolute Gasteiger partial charge is 0.283 e. The molecule has 0 atom stereocenters. The first kappa shape index (κ1) is 20.4. The van der Waals surface area contributed by atoms with E-state index in [-0.39, 0.29) is 16.1 Å². The molecular weight excluding hydrogens is 396 g/mol. The van der Waals surface area contributed by atoms with Crippen LogP contribution < -0.4 is 15.8 Å². The Labute approximate surface area is 167 Å². The zero-order chi connectivity index (χ0) is 21.2. The highest BCUT2D eigenvalue weighted by Crippen LogP contribution is 2.19. The Hall–Kier alpha value is -3.37. The number of hydroxylamine groups is 1. The van der Waals surface area contributed by atoms with E-state index in [0.29, 0.717) is 11.4 Å². The van der Waals surface area contributed by atoms with Crippen LogP contribution >= 0.6 is 0 Å². The van der Waals surface area contributed by atoms with Gasteiger partial charge in [0.15, 0.2) is 0 Å². The first-order valence-corrected chi connectivity index (χ1v) is 10.0. The first-order chi connectivity index (χ1) is 13.8. The normalized spacial score (nSPS) is 11.3. The van der Waals surface area contributed by atoms with Crippen LogP contribution in [0.2, 0.25) is 0 Å². The molecule has 0 aliphatic rings. The molecule has 0 saturated heterocycles. The summed E-state index contributed by atoms with van der Waals surface area (Å²) in [6, 6.07) is 14.2. The molecule has 1 aromatic heterocycles. The van der Waals surface area contributed by atoms with E-state index in [2.05, 4.69) is 15.0 Å². The van der Waals surface area contributed by atoms with Crippen molar-refractivity contribution < 1.29 is 18.0 Å². The largest absolute Gasteiger partial charge is 0.296 e. The van der Waals surface area contributed by atoms with Crippen LogP contribution in [-0.2, 0) is 21.9 Å². The van der Waals surface area contributed by atoms with E-state index in [4.69, 9.17) is 0 Å². The van der Waals surface area contributed by atoms with Gasteiger partial charge in [0.1, 0.15) is 5.69 Å². The van der Waals surface area contributed by atoms with Crippen LogP contribution in [0.5, 0.6) is 0 Å². The van der Waals surface area contributed by atoms with Gasteiger partial charge in [0.25, 0.3) is 21.5 Å². The lowest BCUT2D eigenvalue weighted by Gasteiger charge is -2.08. The summed E-state index contributed by atoms with van der Waals surface area (Å²) in [7, 11) is -1.07. The molecule has 9 nitrogen and oxygen atoms in total. The first-order valence-electron chi connectivity index (χ1n) is 8.56. The summed E-state index contributed by atoms with van der Waals surface area (Å²) in [4.78, 5) is 29.1.